The molecule has 1 amide bonds. The van der Waals surface area contributed by atoms with Gasteiger partial charge in [0.2, 0.25) is 5.91 Å². The molecule has 0 saturated carbocycles. The number of methoxy groups -OCH3 is 1. The third kappa shape index (κ3) is 4.71. The van der Waals surface area contributed by atoms with Gasteiger partial charge in [0.05, 0.1) is 19.4 Å². The van der Waals surface area contributed by atoms with E-state index < -0.39 is 0 Å². The van der Waals surface area contributed by atoms with Crippen molar-refractivity contribution in [3.05, 3.63) is 29.8 Å². The van der Waals surface area contributed by atoms with Crippen LogP contribution in [0.1, 0.15) is 39.2 Å². The molecule has 0 saturated heterocycles. The highest BCUT2D eigenvalue weighted by atomic mass is 16.6. The molecule has 1 aliphatic heterocycles. The van der Waals surface area contributed by atoms with Crippen LogP contribution in [0.5, 0.6) is 5.75 Å². The molecule has 0 unspecified atom stereocenters. The summed E-state index contributed by atoms with van der Waals surface area (Å²) >= 11 is 0. The lowest BCUT2D eigenvalue weighted by atomic mass is 10.0. The molecule has 1 atom stereocenters. The van der Waals surface area contributed by atoms with E-state index in [1.165, 1.54) is 0 Å². The molecular weight excluding hydrogens is 292 g/mol. The van der Waals surface area contributed by atoms with Crippen LogP contribution < -0.4 is 4.74 Å². The highest BCUT2D eigenvalue weighted by Gasteiger charge is 2.26. The van der Waals surface area contributed by atoms with Gasteiger partial charge in [-0.05, 0) is 42.7 Å². The SMILES string of the molecule is CCN(C[C@@H]1CC(c2ccc(OC)cc2)=NO1)C(=O)CC(C)C. The maximum atomic E-state index is 12.2. The summed E-state index contributed by atoms with van der Waals surface area (Å²) in [6, 6.07) is 7.78. The predicted octanol–water partition coefficient (Wildman–Crippen LogP) is 3.08. The Morgan fingerprint density at radius 1 is 1.39 bits per heavy atom. The first kappa shape index (κ1) is 17.3. The van der Waals surface area contributed by atoms with Crippen LogP contribution in [0.3, 0.4) is 0 Å². The largest absolute Gasteiger partial charge is 0.497 e. The van der Waals surface area contributed by atoms with Crippen LogP contribution in [0.25, 0.3) is 0 Å². The van der Waals surface area contributed by atoms with Crippen LogP contribution in [0.2, 0.25) is 0 Å². The van der Waals surface area contributed by atoms with Crippen LogP contribution in [0, 0.1) is 5.92 Å². The van der Waals surface area contributed by atoms with Crippen molar-refractivity contribution in [3.63, 3.8) is 0 Å². The molecule has 0 bridgehead atoms. The molecule has 2 rings (SSSR count). The maximum absolute atomic E-state index is 12.2. The number of carbonyl (C=O) groups excluding carboxylic acids is 1. The van der Waals surface area contributed by atoms with E-state index >= 15 is 0 Å². The third-order valence-electron chi connectivity index (χ3n) is 3.90. The van der Waals surface area contributed by atoms with Crippen LogP contribution >= 0.6 is 0 Å². The van der Waals surface area contributed by atoms with E-state index in [0.29, 0.717) is 25.4 Å². The number of carbonyl (C=O) groups is 1. The van der Waals surface area contributed by atoms with Gasteiger partial charge in [-0.25, -0.2) is 0 Å². The lowest BCUT2D eigenvalue weighted by Gasteiger charge is -2.24. The Morgan fingerprint density at radius 3 is 2.65 bits per heavy atom. The lowest BCUT2D eigenvalue weighted by molar-refractivity contribution is -0.133. The fourth-order valence-electron chi connectivity index (χ4n) is 2.61. The number of amides is 1. The van der Waals surface area contributed by atoms with Gasteiger partial charge in [-0.2, -0.15) is 0 Å². The van der Waals surface area contributed by atoms with Gasteiger partial charge >= 0.3 is 0 Å². The van der Waals surface area contributed by atoms with Crippen molar-refractivity contribution in [2.45, 2.75) is 39.7 Å². The van der Waals surface area contributed by atoms with Crippen molar-refractivity contribution < 1.29 is 14.4 Å². The van der Waals surface area contributed by atoms with Crippen molar-refractivity contribution >= 4 is 11.6 Å². The molecule has 5 nitrogen and oxygen atoms in total. The zero-order valence-electron chi connectivity index (χ0n) is 14.4. The Bertz CT molecular complexity index is 552. The van der Waals surface area contributed by atoms with E-state index in [2.05, 4.69) is 19.0 Å². The number of benzene rings is 1. The molecule has 1 aromatic rings. The minimum Gasteiger partial charge on any atom is -0.497 e. The molecule has 126 valence electrons. The standard InChI is InChI=1S/C18H26N2O3/c1-5-20(18(21)10-13(2)3)12-16-11-17(19-23-16)14-6-8-15(22-4)9-7-14/h6-9,13,16H,5,10-12H2,1-4H3/t16-/m0/s1. The van der Waals surface area contributed by atoms with Crippen molar-refractivity contribution in [2.24, 2.45) is 11.1 Å². The van der Waals surface area contributed by atoms with Gasteiger partial charge < -0.3 is 14.5 Å². The van der Waals surface area contributed by atoms with Gasteiger partial charge in [-0.1, -0.05) is 19.0 Å². The van der Waals surface area contributed by atoms with Crippen LogP contribution in [0.4, 0.5) is 0 Å². The first-order chi connectivity index (χ1) is 11.0. The third-order valence-corrected chi connectivity index (χ3v) is 3.90. The number of nitrogens with zero attached hydrogens (tertiary/aromatic N) is 2. The molecule has 1 aromatic carbocycles. The maximum Gasteiger partial charge on any atom is 0.222 e. The molecule has 23 heavy (non-hydrogen) atoms. The summed E-state index contributed by atoms with van der Waals surface area (Å²) in [5, 5.41) is 4.19. The van der Waals surface area contributed by atoms with Gasteiger partial charge in [0.15, 0.2) is 6.10 Å². The van der Waals surface area contributed by atoms with Crippen LogP contribution in [0.15, 0.2) is 29.4 Å². The van der Waals surface area contributed by atoms with E-state index in [1.54, 1.807) is 7.11 Å². The Kier molecular flexibility index (Phi) is 6.02. The Balaban J connectivity index is 1.91. The Morgan fingerprint density at radius 2 is 2.09 bits per heavy atom. The lowest BCUT2D eigenvalue weighted by Crippen LogP contribution is -2.38. The van der Waals surface area contributed by atoms with E-state index in [1.807, 2.05) is 36.1 Å². The number of rotatable bonds is 7. The quantitative estimate of drug-likeness (QED) is 0.776. The summed E-state index contributed by atoms with van der Waals surface area (Å²) in [6.45, 7) is 7.40. The molecule has 0 N–H and O–H groups in total. The highest BCUT2D eigenvalue weighted by molar-refractivity contribution is 6.01. The predicted molar refractivity (Wildman–Crippen MR) is 90.7 cm³/mol. The second-order valence-corrected chi connectivity index (χ2v) is 6.23. The highest BCUT2D eigenvalue weighted by Crippen LogP contribution is 2.20. The molecule has 5 heteroatoms. The van der Waals surface area contributed by atoms with Gasteiger partial charge in [0.1, 0.15) is 5.75 Å². The molecule has 1 heterocycles. The van der Waals surface area contributed by atoms with Crippen molar-refractivity contribution in [2.75, 3.05) is 20.2 Å². The number of hydrogen-bond donors (Lipinski definition) is 0. The second-order valence-electron chi connectivity index (χ2n) is 6.23. The minimum absolute atomic E-state index is 0.0665. The number of hydrogen-bond acceptors (Lipinski definition) is 4. The minimum atomic E-state index is -0.0665. The second kappa shape index (κ2) is 7.99. The van der Waals surface area contributed by atoms with Gasteiger partial charge in [0.25, 0.3) is 0 Å². The fraction of sp³-hybridized carbons (Fsp3) is 0.556. The summed E-state index contributed by atoms with van der Waals surface area (Å²) in [5.41, 5.74) is 1.95. The van der Waals surface area contributed by atoms with Crippen molar-refractivity contribution in [1.82, 2.24) is 4.90 Å². The normalized spacial score (nSPS) is 16.9. The zero-order valence-corrected chi connectivity index (χ0v) is 14.4. The van der Waals surface area contributed by atoms with E-state index in [-0.39, 0.29) is 12.0 Å². The van der Waals surface area contributed by atoms with Crippen molar-refractivity contribution in [1.29, 1.82) is 0 Å². The van der Waals surface area contributed by atoms with Crippen LogP contribution in [-0.4, -0.2) is 42.8 Å². The summed E-state index contributed by atoms with van der Waals surface area (Å²) < 4.78 is 5.16. The molecule has 0 spiro atoms. The molecule has 0 radical (unpaired) electrons. The summed E-state index contributed by atoms with van der Waals surface area (Å²) in [4.78, 5) is 19.6. The monoisotopic (exact) mass is 318 g/mol. The summed E-state index contributed by atoms with van der Waals surface area (Å²) in [6.07, 6.45) is 1.23. The average molecular weight is 318 g/mol. The van der Waals surface area contributed by atoms with E-state index in [0.717, 1.165) is 23.4 Å². The Hall–Kier alpha value is -2.04. The number of likely N-dealkylation sites (N-methyl/N-ethyl adjacent to an activating group) is 1. The van der Waals surface area contributed by atoms with Gasteiger partial charge in [-0.3, -0.25) is 4.79 Å². The molecule has 1 aliphatic rings. The summed E-state index contributed by atoms with van der Waals surface area (Å²) in [7, 11) is 1.65. The topological polar surface area (TPSA) is 51.1 Å². The molecule has 0 aliphatic carbocycles. The fourth-order valence-corrected chi connectivity index (χ4v) is 2.61. The zero-order chi connectivity index (χ0) is 16.8. The first-order valence-corrected chi connectivity index (χ1v) is 8.18. The molecule has 0 aromatic heterocycles. The molecule has 0 fully saturated rings. The summed E-state index contributed by atoms with van der Waals surface area (Å²) in [5.74, 6) is 1.37. The van der Waals surface area contributed by atoms with Crippen molar-refractivity contribution in [3.8, 4) is 5.75 Å². The van der Waals surface area contributed by atoms with E-state index in [9.17, 15) is 4.79 Å². The average Bonchev–Trinajstić information content (AvgIpc) is 3.00. The van der Waals surface area contributed by atoms with Gasteiger partial charge in [-0.15, -0.1) is 0 Å². The number of oxime groups is 1. The van der Waals surface area contributed by atoms with Gasteiger partial charge in [0, 0.05) is 19.4 Å². The smallest absolute Gasteiger partial charge is 0.222 e. The number of ether oxygens (including phenoxy) is 1. The Labute approximate surface area is 138 Å². The molecular formula is C18H26N2O3. The van der Waals surface area contributed by atoms with E-state index in [4.69, 9.17) is 9.57 Å². The first-order valence-electron chi connectivity index (χ1n) is 8.18. The van der Waals surface area contributed by atoms with Crippen LogP contribution in [-0.2, 0) is 9.63 Å².